The molecule has 0 radical (unpaired) electrons. The van der Waals surface area contributed by atoms with Crippen molar-refractivity contribution in [3.05, 3.63) is 11.4 Å². The molecular formula is C17H25N5O3S. The Morgan fingerprint density at radius 2 is 2.23 bits per heavy atom. The van der Waals surface area contributed by atoms with Crippen molar-refractivity contribution in [2.75, 3.05) is 32.7 Å². The molecule has 1 aromatic rings. The monoisotopic (exact) mass is 379 g/mol. The molecule has 2 N–H and O–H groups in total. The molecule has 4 heterocycles. The van der Waals surface area contributed by atoms with Gasteiger partial charge in [0.1, 0.15) is 0 Å². The van der Waals surface area contributed by atoms with Crippen molar-refractivity contribution in [3.63, 3.8) is 0 Å². The molecule has 3 aliphatic rings. The molecule has 0 saturated carbocycles. The van der Waals surface area contributed by atoms with Crippen LogP contribution in [0.1, 0.15) is 35.9 Å². The van der Waals surface area contributed by atoms with Gasteiger partial charge in [0.2, 0.25) is 5.91 Å². The summed E-state index contributed by atoms with van der Waals surface area (Å²) in [6.45, 7) is 7.04. The molecule has 1 spiro atoms. The highest BCUT2D eigenvalue weighted by molar-refractivity contribution is 6.99. The third-order valence-corrected chi connectivity index (χ3v) is 6.58. The van der Waals surface area contributed by atoms with Crippen LogP contribution >= 0.6 is 11.7 Å². The Hall–Kier alpha value is -1.58. The van der Waals surface area contributed by atoms with E-state index in [9.17, 15) is 9.59 Å². The van der Waals surface area contributed by atoms with Gasteiger partial charge in [-0.15, -0.1) is 0 Å². The fourth-order valence-corrected chi connectivity index (χ4v) is 5.41. The molecular weight excluding hydrogens is 354 g/mol. The Labute approximate surface area is 157 Å². The van der Waals surface area contributed by atoms with Gasteiger partial charge < -0.3 is 15.4 Å². The van der Waals surface area contributed by atoms with Crippen LogP contribution in [0.4, 0.5) is 0 Å². The lowest BCUT2D eigenvalue weighted by Crippen LogP contribution is -2.42. The highest BCUT2D eigenvalue weighted by Gasteiger charge is 2.62. The number of aryl methyl sites for hydroxylation is 1. The fraction of sp³-hybridized carbons (Fsp3) is 0.765. The molecule has 3 fully saturated rings. The maximum absolute atomic E-state index is 12.4. The fourth-order valence-electron chi connectivity index (χ4n) is 4.87. The summed E-state index contributed by atoms with van der Waals surface area (Å²) in [5.41, 5.74) is 0.949. The molecule has 9 heteroatoms. The van der Waals surface area contributed by atoms with Crippen molar-refractivity contribution in [1.29, 1.82) is 0 Å². The minimum absolute atomic E-state index is 0.0646. The van der Waals surface area contributed by atoms with Crippen LogP contribution in [0.25, 0.3) is 0 Å². The van der Waals surface area contributed by atoms with Crippen LogP contribution in [0.5, 0.6) is 0 Å². The topological polar surface area (TPSA) is 96.5 Å². The zero-order valence-corrected chi connectivity index (χ0v) is 16.0. The molecule has 8 nitrogen and oxygen atoms in total. The van der Waals surface area contributed by atoms with Gasteiger partial charge in [0.25, 0.3) is 5.91 Å². The summed E-state index contributed by atoms with van der Waals surface area (Å²) in [4.78, 5) is 26.5. The number of fused-ring (bicyclic) bond motifs is 1. The summed E-state index contributed by atoms with van der Waals surface area (Å²) in [5.74, 6) is 0.560. The number of aromatic nitrogens is 2. The van der Waals surface area contributed by atoms with Crippen molar-refractivity contribution in [1.82, 2.24) is 24.3 Å². The first kappa shape index (κ1) is 17.8. The van der Waals surface area contributed by atoms with Crippen molar-refractivity contribution < 1.29 is 14.3 Å². The Bertz CT molecular complexity index is 710. The molecule has 0 unspecified atom stereocenters. The molecule has 3 aliphatic heterocycles. The van der Waals surface area contributed by atoms with E-state index in [0.717, 1.165) is 37.7 Å². The van der Waals surface area contributed by atoms with Crippen LogP contribution in [-0.4, -0.2) is 69.9 Å². The summed E-state index contributed by atoms with van der Waals surface area (Å²) in [7, 11) is 0. The van der Waals surface area contributed by atoms with Crippen LogP contribution in [0.3, 0.4) is 0 Å². The van der Waals surface area contributed by atoms with Crippen molar-refractivity contribution >= 4 is 23.5 Å². The van der Waals surface area contributed by atoms with E-state index in [1.165, 1.54) is 0 Å². The summed E-state index contributed by atoms with van der Waals surface area (Å²) in [6.07, 6.45) is 2.29. The van der Waals surface area contributed by atoms with Gasteiger partial charge in [-0.1, -0.05) is 0 Å². The largest absolute Gasteiger partial charge is 0.370 e. The Balaban J connectivity index is 1.38. The summed E-state index contributed by atoms with van der Waals surface area (Å²) >= 11 is 1.06. The standard InChI is InChI=1S/C17H25N5O3S/c1-3-18-14(23)8-22-7-12-11(13-4-5-17(12,9-22)25-13)6-19-16(24)15-10(2)20-26-21-15/h11-13H,3-9H2,1-2H3,(H,18,23)(H,19,24)/t11-,12+,13+,17+/m0/s1. The van der Waals surface area contributed by atoms with Gasteiger partial charge in [-0.05, 0) is 26.7 Å². The van der Waals surface area contributed by atoms with Gasteiger partial charge in [-0.2, -0.15) is 8.75 Å². The van der Waals surface area contributed by atoms with Crippen LogP contribution < -0.4 is 10.6 Å². The average molecular weight is 379 g/mol. The maximum atomic E-state index is 12.4. The molecule has 0 aliphatic carbocycles. The Morgan fingerprint density at radius 3 is 2.96 bits per heavy atom. The first-order valence-electron chi connectivity index (χ1n) is 9.26. The predicted octanol–water partition coefficient (Wildman–Crippen LogP) is 0.192. The number of carbonyl (C=O) groups excluding carboxylic acids is 2. The van der Waals surface area contributed by atoms with Gasteiger partial charge in [0, 0.05) is 38.0 Å². The van der Waals surface area contributed by atoms with Crippen molar-refractivity contribution in [2.24, 2.45) is 11.8 Å². The quantitative estimate of drug-likeness (QED) is 0.733. The maximum Gasteiger partial charge on any atom is 0.272 e. The normalized spacial score (nSPS) is 32.6. The first-order chi connectivity index (χ1) is 12.5. The van der Waals surface area contributed by atoms with Crippen molar-refractivity contribution in [3.8, 4) is 0 Å². The second-order valence-corrected chi connectivity index (χ2v) is 8.09. The number of rotatable bonds is 6. The molecule has 142 valence electrons. The van der Waals surface area contributed by atoms with Crippen LogP contribution in [0, 0.1) is 18.8 Å². The molecule has 26 heavy (non-hydrogen) atoms. The van der Waals surface area contributed by atoms with Gasteiger partial charge >= 0.3 is 0 Å². The molecule has 2 bridgehead atoms. The predicted molar refractivity (Wildman–Crippen MR) is 95.9 cm³/mol. The third kappa shape index (κ3) is 3.01. The number of ether oxygens (including phenoxy) is 1. The molecule has 4 rings (SSSR count). The van der Waals surface area contributed by atoms with Crippen LogP contribution in [0.15, 0.2) is 0 Å². The van der Waals surface area contributed by atoms with E-state index in [0.29, 0.717) is 42.9 Å². The van der Waals surface area contributed by atoms with Crippen LogP contribution in [0.2, 0.25) is 0 Å². The minimum Gasteiger partial charge on any atom is -0.370 e. The molecule has 1 aromatic heterocycles. The molecule has 3 saturated heterocycles. The lowest BCUT2D eigenvalue weighted by molar-refractivity contribution is -0.122. The van der Waals surface area contributed by atoms with E-state index in [1.54, 1.807) is 6.92 Å². The van der Waals surface area contributed by atoms with Crippen LogP contribution in [-0.2, 0) is 9.53 Å². The molecule has 4 atom stereocenters. The third-order valence-electron chi connectivity index (χ3n) is 5.96. The molecule has 0 aromatic carbocycles. The number of carbonyl (C=O) groups is 2. The lowest BCUT2D eigenvalue weighted by atomic mass is 9.73. The SMILES string of the molecule is CCNC(=O)CN1C[C@@H]2[C@H](CNC(=O)c3nsnc3C)[C@H]3CC[C@]2(C1)O3. The van der Waals surface area contributed by atoms with E-state index in [4.69, 9.17) is 4.74 Å². The number of amides is 2. The number of likely N-dealkylation sites (N-methyl/N-ethyl adjacent to an activating group) is 1. The van der Waals surface area contributed by atoms with Gasteiger partial charge in [0.15, 0.2) is 5.69 Å². The summed E-state index contributed by atoms with van der Waals surface area (Å²) < 4.78 is 14.5. The average Bonchev–Trinajstić information content (AvgIpc) is 3.32. The zero-order valence-electron chi connectivity index (χ0n) is 15.2. The van der Waals surface area contributed by atoms with E-state index in [2.05, 4.69) is 24.3 Å². The second-order valence-electron chi connectivity index (χ2n) is 7.56. The first-order valence-corrected chi connectivity index (χ1v) is 9.99. The number of hydrogen-bond acceptors (Lipinski definition) is 7. The summed E-state index contributed by atoms with van der Waals surface area (Å²) in [6, 6.07) is 0. The second kappa shape index (κ2) is 6.86. The number of likely N-dealkylation sites (tertiary alicyclic amines) is 1. The Kier molecular flexibility index (Phi) is 4.70. The van der Waals surface area contributed by atoms with E-state index in [1.807, 2.05) is 6.92 Å². The summed E-state index contributed by atoms with van der Waals surface area (Å²) in [5, 5.41) is 5.89. The van der Waals surface area contributed by atoms with Gasteiger partial charge in [0.05, 0.1) is 35.7 Å². The van der Waals surface area contributed by atoms with E-state index < -0.39 is 0 Å². The number of nitrogens with one attached hydrogen (secondary N) is 2. The lowest BCUT2D eigenvalue weighted by Gasteiger charge is -2.29. The smallest absolute Gasteiger partial charge is 0.272 e. The number of hydrogen-bond donors (Lipinski definition) is 2. The highest BCUT2D eigenvalue weighted by Crippen LogP contribution is 2.54. The van der Waals surface area contributed by atoms with E-state index in [-0.39, 0.29) is 23.5 Å². The molecule has 2 amide bonds. The number of nitrogens with zero attached hydrogens (tertiary/aromatic N) is 3. The minimum atomic E-state index is -0.162. The zero-order chi connectivity index (χ0) is 18.3. The Morgan fingerprint density at radius 1 is 1.38 bits per heavy atom. The highest BCUT2D eigenvalue weighted by atomic mass is 32.1. The van der Waals surface area contributed by atoms with Crippen molar-refractivity contribution in [2.45, 2.75) is 38.4 Å². The van der Waals surface area contributed by atoms with E-state index >= 15 is 0 Å². The van der Waals surface area contributed by atoms with Gasteiger partial charge in [-0.3, -0.25) is 14.5 Å². The van der Waals surface area contributed by atoms with Gasteiger partial charge in [-0.25, -0.2) is 0 Å².